The molecule has 2 aromatic rings. The van der Waals surface area contributed by atoms with E-state index in [2.05, 4.69) is 5.32 Å². The third kappa shape index (κ3) is 5.72. The molecule has 0 fully saturated rings. The molecule has 0 aromatic heterocycles. The smallest absolute Gasteiger partial charge is 0.244 e. The molecule has 146 valence electrons. The number of nitrogens with zero attached hydrogens (tertiary/aromatic N) is 1. The summed E-state index contributed by atoms with van der Waals surface area (Å²) < 4.78 is 31.3. The highest BCUT2D eigenvalue weighted by Crippen LogP contribution is 2.22. The Bertz CT molecular complexity index is 836. The lowest BCUT2D eigenvalue weighted by Gasteiger charge is -2.30. The van der Waals surface area contributed by atoms with Gasteiger partial charge in [-0.05, 0) is 43.2 Å². The highest BCUT2D eigenvalue weighted by Gasteiger charge is 2.31. The molecule has 0 aliphatic carbocycles. The third-order valence-electron chi connectivity index (χ3n) is 4.04. The van der Waals surface area contributed by atoms with E-state index in [-0.39, 0.29) is 5.91 Å². The van der Waals surface area contributed by atoms with Crippen molar-refractivity contribution in [2.75, 3.05) is 17.2 Å². The number of anilines is 1. The predicted octanol–water partition coefficient (Wildman–Crippen LogP) is 2.95. The molecule has 0 heterocycles. The van der Waals surface area contributed by atoms with Crippen LogP contribution in [0.1, 0.15) is 25.8 Å². The van der Waals surface area contributed by atoms with Crippen molar-refractivity contribution in [3.8, 4) is 5.75 Å². The van der Waals surface area contributed by atoms with Crippen LogP contribution in [0.15, 0.2) is 54.6 Å². The number of nitrogens with one attached hydrogen (secondary N) is 1. The number of benzene rings is 2. The van der Waals surface area contributed by atoms with Crippen LogP contribution in [-0.4, -0.2) is 33.2 Å². The minimum absolute atomic E-state index is 0.314. The molecular weight excluding hydrogens is 364 g/mol. The highest BCUT2D eigenvalue weighted by molar-refractivity contribution is 7.92. The molecule has 0 unspecified atom stereocenters. The zero-order valence-electron chi connectivity index (χ0n) is 15.9. The first kappa shape index (κ1) is 20.8. The lowest BCUT2D eigenvalue weighted by atomic mass is 10.1. The second kappa shape index (κ2) is 9.41. The molecule has 7 heteroatoms. The fourth-order valence-corrected chi connectivity index (χ4v) is 4.02. The van der Waals surface area contributed by atoms with Crippen LogP contribution in [0.4, 0.5) is 5.69 Å². The topological polar surface area (TPSA) is 75.7 Å². The summed E-state index contributed by atoms with van der Waals surface area (Å²) in [4.78, 5) is 12.7. The lowest BCUT2D eigenvalue weighted by molar-refractivity contribution is -0.122. The number of hydrogen-bond donors (Lipinski definition) is 1. The predicted molar refractivity (Wildman–Crippen MR) is 107 cm³/mol. The van der Waals surface area contributed by atoms with Crippen molar-refractivity contribution >= 4 is 21.6 Å². The molecule has 0 aliphatic heterocycles. The largest absolute Gasteiger partial charge is 0.494 e. The Morgan fingerprint density at radius 3 is 2.22 bits per heavy atom. The number of sulfonamides is 1. The Hall–Kier alpha value is -2.54. The minimum Gasteiger partial charge on any atom is -0.494 e. The molecule has 1 amide bonds. The van der Waals surface area contributed by atoms with Crippen LogP contribution >= 0.6 is 0 Å². The van der Waals surface area contributed by atoms with Gasteiger partial charge in [0, 0.05) is 6.54 Å². The van der Waals surface area contributed by atoms with Crippen LogP contribution in [0.2, 0.25) is 0 Å². The summed E-state index contributed by atoms with van der Waals surface area (Å²) in [6.45, 7) is 4.62. The second-order valence-corrected chi connectivity index (χ2v) is 7.97. The van der Waals surface area contributed by atoms with E-state index < -0.39 is 16.1 Å². The Labute approximate surface area is 161 Å². The van der Waals surface area contributed by atoms with Crippen molar-refractivity contribution in [2.24, 2.45) is 0 Å². The monoisotopic (exact) mass is 390 g/mol. The van der Waals surface area contributed by atoms with Gasteiger partial charge in [-0.25, -0.2) is 8.42 Å². The summed E-state index contributed by atoms with van der Waals surface area (Å²) in [5, 5.41) is 2.84. The van der Waals surface area contributed by atoms with Crippen LogP contribution in [-0.2, 0) is 21.4 Å². The zero-order valence-corrected chi connectivity index (χ0v) is 16.7. The molecule has 0 aliphatic rings. The first-order valence-corrected chi connectivity index (χ1v) is 10.8. The van der Waals surface area contributed by atoms with Gasteiger partial charge >= 0.3 is 0 Å². The third-order valence-corrected chi connectivity index (χ3v) is 5.22. The van der Waals surface area contributed by atoms with E-state index in [4.69, 9.17) is 4.74 Å². The van der Waals surface area contributed by atoms with Gasteiger partial charge in [0.2, 0.25) is 15.9 Å². The number of carbonyl (C=O) groups is 1. The fourth-order valence-electron chi connectivity index (χ4n) is 2.81. The van der Waals surface area contributed by atoms with Crippen LogP contribution in [0.3, 0.4) is 0 Å². The van der Waals surface area contributed by atoms with Gasteiger partial charge in [-0.3, -0.25) is 9.10 Å². The number of para-hydroxylation sites is 1. The van der Waals surface area contributed by atoms with Crippen LogP contribution < -0.4 is 14.4 Å². The zero-order chi connectivity index (χ0) is 19.9. The summed E-state index contributed by atoms with van der Waals surface area (Å²) in [5.74, 6) is 0.437. The van der Waals surface area contributed by atoms with Crippen molar-refractivity contribution in [1.82, 2.24) is 5.32 Å². The number of carbonyl (C=O) groups excluding carboxylic acids is 1. The molecule has 0 saturated carbocycles. The average Bonchev–Trinajstić information content (AvgIpc) is 2.65. The molecule has 2 rings (SSSR count). The normalized spacial score (nSPS) is 12.3. The van der Waals surface area contributed by atoms with Gasteiger partial charge in [0.1, 0.15) is 11.8 Å². The molecule has 2 aromatic carbocycles. The van der Waals surface area contributed by atoms with E-state index in [9.17, 15) is 13.2 Å². The first-order chi connectivity index (χ1) is 12.9. The Kier molecular flexibility index (Phi) is 7.24. The number of hydrogen-bond acceptors (Lipinski definition) is 4. The Morgan fingerprint density at radius 2 is 1.70 bits per heavy atom. The molecule has 0 radical (unpaired) electrons. The van der Waals surface area contributed by atoms with Crippen LogP contribution in [0.5, 0.6) is 5.75 Å². The molecule has 1 atom stereocenters. The van der Waals surface area contributed by atoms with E-state index in [1.807, 2.05) is 31.2 Å². The van der Waals surface area contributed by atoms with Crippen molar-refractivity contribution in [1.29, 1.82) is 0 Å². The quantitative estimate of drug-likeness (QED) is 0.714. The van der Waals surface area contributed by atoms with E-state index in [0.29, 0.717) is 25.3 Å². The molecule has 1 N–H and O–H groups in total. The van der Waals surface area contributed by atoms with Gasteiger partial charge in [0.15, 0.2) is 0 Å². The van der Waals surface area contributed by atoms with Crippen molar-refractivity contribution in [3.63, 3.8) is 0 Å². The number of ether oxygens (including phenoxy) is 1. The van der Waals surface area contributed by atoms with Gasteiger partial charge in [-0.15, -0.1) is 0 Å². The van der Waals surface area contributed by atoms with Gasteiger partial charge < -0.3 is 10.1 Å². The van der Waals surface area contributed by atoms with Gasteiger partial charge in [-0.2, -0.15) is 0 Å². The van der Waals surface area contributed by atoms with Gasteiger partial charge in [0.25, 0.3) is 0 Å². The lowest BCUT2D eigenvalue weighted by Crippen LogP contribution is -2.49. The second-order valence-electron chi connectivity index (χ2n) is 6.11. The summed E-state index contributed by atoms with van der Waals surface area (Å²) in [6.07, 6.45) is 1.47. The standard InChI is InChI=1S/C20H26N2O4S/c1-4-19(22(27(3,24)25)17-9-7-6-8-10-17)20(23)21-15-16-11-13-18(14-12-16)26-5-2/h6-14,19H,4-5,15H2,1-3H3,(H,21,23)/t19-/m1/s1. The molecular formula is C20H26N2O4S. The maximum atomic E-state index is 12.7. The molecule has 0 spiro atoms. The van der Waals surface area contributed by atoms with Gasteiger partial charge in [-0.1, -0.05) is 37.3 Å². The summed E-state index contributed by atoms with van der Waals surface area (Å²) >= 11 is 0. The van der Waals surface area contributed by atoms with Crippen LogP contribution in [0.25, 0.3) is 0 Å². The van der Waals surface area contributed by atoms with Crippen LogP contribution in [0, 0.1) is 0 Å². The Balaban J connectivity index is 2.13. The SMILES string of the molecule is CCOc1ccc(CNC(=O)[C@@H](CC)N(c2ccccc2)S(C)(=O)=O)cc1. The van der Waals surface area contributed by atoms with Crippen molar-refractivity contribution in [2.45, 2.75) is 32.9 Å². The minimum atomic E-state index is -3.61. The molecule has 27 heavy (non-hydrogen) atoms. The van der Waals surface area contributed by atoms with Crippen molar-refractivity contribution in [3.05, 3.63) is 60.2 Å². The maximum absolute atomic E-state index is 12.7. The molecule has 0 saturated heterocycles. The van der Waals surface area contributed by atoms with E-state index in [0.717, 1.165) is 17.6 Å². The van der Waals surface area contributed by atoms with Crippen molar-refractivity contribution < 1.29 is 17.9 Å². The summed E-state index contributed by atoms with van der Waals surface area (Å²) in [7, 11) is -3.61. The molecule has 6 nitrogen and oxygen atoms in total. The summed E-state index contributed by atoms with van der Waals surface area (Å²) in [5.41, 5.74) is 1.38. The number of amides is 1. The van der Waals surface area contributed by atoms with E-state index in [1.165, 1.54) is 4.31 Å². The first-order valence-electron chi connectivity index (χ1n) is 8.90. The molecule has 0 bridgehead atoms. The maximum Gasteiger partial charge on any atom is 0.244 e. The average molecular weight is 391 g/mol. The number of rotatable bonds is 9. The van der Waals surface area contributed by atoms with Gasteiger partial charge in [0.05, 0.1) is 18.6 Å². The van der Waals surface area contributed by atoms with E-state index in [1.54, 1.807) is 37.3 Å². The highest BCUT2D eigenvalue weighted by atomic mass is 32.2. The van der Waals surface area contributed by atoms with E-state index >= 15 is 0 Å². The summed E-state index contributed by atoms with van der Waals surface area (Å²) in [6, 6.07) is 15.3. The fraction of sp³-hybridized carbons (Fsp3) is 0.350. The Morgan fingerprint density at radius 1 is 1.07 bits per heavy atom.